The maximum atomic E-state index is 14.8. The molecule has 1 aromatic rings. The van der Waals surface area contributed by atoms with Gasteiger partial charge in [0.25, 0.3) is 0 Å². The lowest BCUT2D eigenvalue weighted by Crippen LogP contribution is -2.34. The number of carbonyl (C=O) groups is 2. The molecule has 2 N–H and O–H groups in total. The molecule has 0 spiro atoms. The maximum Gasteiger partial charge on any atom is 0.414 e. The number of fused-ring (bicyclic) bond motifs is 1. The van der Waals surface area contributed by atoms with Crippen LogP contribution in [-0.4, -0.2) is 65.0 Å². The summed E-state index contributed by atoms with van der Waals surface area (Å²) < 4.78 is 45.3. The Bertz CT molecular complexity index is 944. The average molecular weight is 426 g/mol. The van der Waals surface area contributed by atoms with E-state index in [4.69, 9.17) is 4.74 Å². The fraction of sp³-hybridized carbons (Fsp3) is 0.556. The Morgan fingerprint density at radius 3 is 2.55 bits per heavy atom. The molecule has 4 atom stereocenters. The minimum absolute atomic E-state index is 0.0662. The third-order valence-electron chi connectivity index (χ3n) is 5.58. The summed E-state index contributed by atoms with van der Waals surface area (Å²) in [6, 6.07) is 4.52. The molecule has 2 heterocycles. The molecule has 2 aliphatic heterocycles. The van der Waals surface area contributed by atoms with Gasteiger partial charge >= 0.3 is 6.09 Å². The van der Waals surface area contributed by atoms with Gasteiger partial charge < -0.3 is 15.0 Å². The Kier molecular flexibility index (Phi) is 4.89. The zero-order valence-corrected chi connectivity index (χ0v) is 16.9. The van der Waals surface area contributed by atoms with Crippen molar-refractivity contribution in [1.29, 1.82) is 0 Å². The largest absolute Gasteiger partial charge is 0.442 e. The molecule has 0 bridgehead atoms. The van der Waals surface area contributed by atoms with Gasteiger partial charge in [-0.2, -0.15) is 0 Å². The lowest BCUT2D eigenvalue weighted by molar-refractivity contribution is -0.119. The molecular formula is C18H23FN4O5S. The second kappa shape index (κ2) is 7.13. The molecular weight excluding hydrogens is 403 g/mol. The van der Waals surface area contributed by atoms with Gasteiger partial charge in [0, 0.05) is 26.1 Å². The van der Waals surface area contributed by atoms with Gasteiger partial charge in [-0.25, -0.2) is 22.3 Å². The van der Waals surface area contributed by atoms with Crippen LogP contribution in [0.15, 0.2) is 18.2 Å². The van der Waals surface area contributed by atoms with Crippen molar-refractivity contribution in [2.75, 3.05) is 42.2 Å². The van der Waals surface area contributed by atoms with Crippen LogP contribution in [0.4, 0.5) is 20.6 Å². The molecule has 2 saturated heterocycles. The minimum Gasteiger partial charge on any atom is -0.442 e. The summed E-state index contributed by atoms with van der Waals surface area (Å²) in [5.41, 5.74) is 0.823. The highest BCUT2D eigenvalue weighted by atomic mass is 32.2. The molecule has 9 nitrogen and oxygen atoms in total. The monoisotopic (exact) mass is 426 g/mol. The highest BCUT2D eigenvalue weighted by Crippen LogP contribution is 2.47. The first-order chi connectivity index (χ1) is 13.6. The van der Waals surface area contributed by atoms with Crippen molar-refractivity contribution in [3.05, 3.63) is 24.0 Å². The summed E-state index contributed by atoms with van der Waals surface area (Å²) >= 11 is 0. The molecule has 2 amide bonds. The van der Waals surface area contributed by atoms with Crippen LogP contribution >= 0.6 is 0 Å². The third-order valence-corrected chi connectivity index (χ3v) is 6.28. The summed E-state index contributed by atoms with van der Waals surface area (Å²) in [6.07, 6.45) is 0.0742. The lowest BCUT2D eigenvalue weighted by Gasteiger charge is -2.23. The number of benzene rings is 1. The number of sulfonamides is 1. The highest BCUT2D eigenvalue weighted by molar-refractivity contribution is 7.88. The number of amides is 2. The van der Waals surface area contributed by atoms with E-state index in [1.165, 1.54) is 17.9 Å². The van der Waals surface area contributed by atoms with Gasteiger partial charge in [-0.15, -0.1) is 0 Å². The number of hydrogen-bond donors (Lipinski definition) is 2. The van der Waals surface area contributed by atoms with Gasteiger partial charge in [-0.1, -0.05) is 0 Å². The first-order valence-electron chi connectivity index (χ1n) is 9.37. The maximum absolute atomic E-state index is 14.8. The lowest BCUT2D eigenvalue weighted by atomic mass is 10.2. The van der Waals surface area contributed by atoms with Crippen LogP contribution in [0.25, 0.3) is 0 Å². The van der Waals surface area contributed by atoms with Crippen LogP contribution in [0.1, 0.15) is 6.92 Å². The predicted octanol–water partition coefficient (Wildman–Crippen LogP) is 0.271. The van der Waals surface area contributed by atoms with Gasteiger partial charge in [0.15, 0.2) is 0 Å². The van der Waals surface area contributed by atoms with Crippen molar-refractivity contribution in [2.24, 2.45) is 11.8 Å². The second-order valence-electron chi connectivity index (χ2n) is 7.84. The zero-order valence-electron chi connectivity index (χ0n) is 16.1. The van der Waals surface area contributed by atoms with Gasteiger partial charge in [-0.05, 0) is 30.0 Å². The van der Waals surface area contributed by atoms with Crippen LogP contribution < -0.4 is 19.8 Å². The van der Waals surface area contributed by atoms with Crippen molar-refractivity contribution in [3.8, 4) is 0 Å². The van der Waals surface area contributed by atoms with Crippen molar-refractivity contribution < 1.29 is 27.1 Å². The van der Waals surface area contributed by atoms with Crippen LogP contribution in [0.5, 0.6) is 0 Å². The zero-order chi connectivity index (χ0) is 20.9. The summed E-state index contributed by atoms with van der Waals surface area (Å²) in [4.78, 5) is 26.3. The fourth-order valence-corrected chi connectivity index (χ4v) is 5.01. The van der Waals surface area contributed by atoms with Crippen LogP contribution in [-0.2, 0) is 19.6 Å². The number of carbonyl (C=O) groups excluding carboxylic acids is 2. The molecule has 158 valence electrons. The summed E-state index contributed by atoms with van der Waals surface area (Å²) in [6.45, 7) is 2.98. The van der Waals surface area contributed by atoms with Gasteiger partial charge in [0.2, 0.25) is 15.9 Å². The van der Waals surface area contributed by atoms with Crippen LogP contribution in [0.2, 0.25) is 0 Å². The van der Waals surface area contributed by atoms with Crippen LogP contribution in [0, 0.1) is 17.7 Å². The van der Waals surface area contributed by atoms with E-state index < -0.39 is 28.0 Å². The first kappa shape index (κ1) is 19.9. The number of hydrogen-bond acceptors (Lipinski definition) is 6. The molecule has 4 rings (SSSR count). The van der Waals surface area contributed by atoms with Gasteiger partial charge in [0.05, 0.1) is 30.7 Å². The number of nitrogens with zero attached hydrogens (tertiary/aromatic N) is 2. The molecule has 1 unspecified atom stereocenters. The Morgan fingerprint density at radius 2 is 1.97 bits per heavy atom. The molecule has 29 heavy (non-hydrogen) atoms. The smallest absolute Gasteiger partial charge is 0.414 e. The van der Waals surface area contributed by atoms with E-state index in [2.05, 4.69) is 10.0 Å². The number of piperidine rings is 1. The normalized spacial score (nSPS) is 28.3. The van der Waals surface area contributed by atoms with Crippen molar-refractivity contribution in [2.45, 2.75) is 19.1 Å². The number of cyclic esters (lactones) is 1. The van der Waals surface area contributed by atoms with E-state index in [0.717, 1.165) is 6.26 Å². The molecule has 0 radical (unpaired) electrons. The topological polar surface area (TPSA) is 108 Å². The summed E-state index contributed by atoms with van der Waals surface area (Å²) in [7, 11) is -3.24. The Balaban J connectivity index is 1.38. The Labute approximate surface area is 168 Å². The molecule has 1 aromatic carbocycles. The van der Waals surface area contributed by atoms with E-state index in [1.807, 2.05) is 4.90 Å². The van der Waals surface area contributed by atoms with E-state index in [9.17, 15) is 22.4 Å². The quantitative estimate of drug-likeness (QED) is 0.676. The average Bonchev–Trinajstić information content (AvgIpc) is 2.98. The van der Waals surface area contributed by atoms with E-state index >= 15 is 0 Å². The van der Waals surface area contributed by atoms with E-state index in [-0.39, 0.29) is 36.9 Å². The molecule has 0 aromatic heterocycles. The van der Waals surface area contributed by atoms with Gasteiger partial charge in [0.1, 0.15) is 11.9 Å². The number of ether oxygens (including phenoxy) is 1. The first-order valence-corrected chi connectivity index (χ1v) is 11.3. The van der Waals surface area contributed by atoms with Crippen molar-refractivity contribution >= 4 is 33.4 Å². The standard InChI is InChI=1S/C18H23FN4O5S/c1-10(24)20-6-12-7-23(18(25)28-12)11-3-4-16(15(19)5-11)22-8-13-14(9-22)17(13)21-29(2,26)27/h3-5,12-14,17,21H,6-9H2,1-2H3,(H,20,24)/t12-,13-,14+,17?/m0/s1. The van der Waals surface area contributed by atoms with Crippen molar-refractivity contribution in [3.63, 3.8) is 0 Å². The number of nitrogens with one attached hydrogen (secondary N) is 2. The molecule has 11 heteroatoms. The summed E-state index contributed by atoms with van der Waals surface area (Å²) in [5, 5.41) is 2.60. The molecule has 1 aliphatic carbocycles. The Hall–Kier alpha value is -2.40. The molecule has 3 fully saturated rings. The second-order valence-corrected chi connectivity index (χ2v) is 9.62. The van der Waals surface area contributed by atoms with Crippen LogP contribution in [0.3, 0.4) is 0 Å². The highest BCUT2D eigenvalue weighted by Gasteiger charge is 2.57. The number of rotatable bonds is 6. The molecule has 1 saturated carbocycles. The molecule has 3 aliphatic rings. The predicted molar refractivity (Wildman–Crippen MR) is 104 cm³/mol. The van der Waals surface area contributed by atoms with E-state index in [1.54, 1.807) is 12.1 Å². The number of halogens is 1. The third kappa shape index (κ3) is 4.15. The Morgan fingerprint density at radius 1 is 1.28 bits per heavy atom. The summed E-state index contributed by atoms with van der Waals surface area (Å²) in [5.74, 6) is -0.291. The number of anilines is 2. The van der Waals surface area contributed by atoms with Crippen molar-refractivity contribution in [1.82, 2.24) is 10.0 Å². The van der Waals surface area contributed by atoms with Gasteiger partial charge in [-0.3, -0.25) is 9.69 Å². The minimum atomic E-state index is -3.24. The SMILES string of the molecule is CC(=O)NC[C@H]1CN(c2ccc(N3C[C@@H]4C(NS(C)(=O)=O)[C@@H]4C3)c(F)c2)C(=O)O1. The van der Waals surface area contributed by atoms with E-state index in [0.29, 0.717) is 24.5 Å². The fourth-order valence-electron chi connectivity index (χ4n) is 4.16.